The van der Waals surface area contributed by atoms with E-state index in [4.69, 9.17) is 5.41 Å². The first kappa shape index (κ1) is 9.77. The molecule has 1 heterocycles. The van der Waals surface area contributed by atoms with Crippen LogP contribution in [-0.4, -0.2) is 11.9 Å². The van der Waals surface area contributed by atoms with E-state index in [0.29, 0.717) is 5.70 Å². The third-order valence-corrected chi connectivity index (χ3v) is 1.91. The van der Waals surface area contributed by atoms with E-state index in [9.17, 15) is 4.79 Å². The normalized spacial score (nSPS) is 19.0. The monoisotopic (exact) mass is 181 g/mol. The van der Waals surface area contributed by atoms with Gasteiger partial charge < -0.3 is 5.32 Å². The maximum absolute atomic E-state index is 10.7. The van der Waals surface area contributed by atoms with Crippen LogP contribution in [0.1, 0.15) is 32.6 Å². The maximum atomic E-state index is 10.7. The lowest BCUT2D eigenvalue weighted by atomic mass is 10.2. The van der Waals surface area contributed by atoms with Crippen LogP contribution in [0.4, 0.5) is 4.79 Å². The average Bonchev–Trinajstić information content (AvgIpc) is 2.39. The van der Waals surface area contributed by atoms with E-state index in [2.05, 4.69) is 17.6 Å². The quantitative estimate of drug-likeness (QED) is 0.568. The summed E-state index contributed by atoms with van der Waals surface area (Å²) in [5.74, 6) is 0.182. The molecule has 0 aromatic heterocycles. The number of allylic oxidation sites excluding steroid dienone is 1. The van der Waals surface area contributed by atoms with E-state index in [1.54, 1.807) is 0 Å². The van der Waals surface area contributed by atoms with Crippen LogP contribution in [0.25, 0.3) is 0 Å². The van der Waals surface area contributed by atoms with E-state index >= 15 is 0 Å². The van der Waals surface area contributed by atoms with Gasteiger partial charge in [-0.3, -0.25) is 10.7 Å². The summed E-state index contributed by atoms with van der Waals surface area (Å²) in [5, 5.41) is 12.3. The Morgan fingerprint density at radius 2 is 2.15 bits per heavy atom. The minimum Gasteiger partial charge on any atom is -0.305 e. The molecule has 1 aliphatic heterocycles. The van der Waals surface area contributed by atoms with Gasteiger partial charge in [0.2, 0.25) is 0 Å². The standard InChI is InChI=1S/C9H15N3O/c1-2-3-4-5-6-7-8(10)12-9(13)11-7/h6H,2-5H2,1H3,(H3,10,11,12,13). The average molecular weight is 181 g/mol. The first-order valence-electron chi connectivity index (χ1n) is 4.61. The predicted octanol–water partition coefficient (Wildman–Crippen LogP) is 1.74. The van der Waals surface area contributed by atoms with E-state index in [0.717, 1.165) is 12.8 Å². The molecule has 1 aliphatic rings. The molecule has 4 nitrogen and oxygen atoms in total. The predicted molar refractivity (Wildman–Crippen MR) is 51.6 cm³/mol. The number of amidine groups is 1. The maximum Gasteiger partial charge on any atom is 0.324 e. The number of nitrogens with one attached hydrogen (secondary N) is 3. The van der Waals surface area contributed by atoms with Crippen LogP contribution in [-0.2, 0) is 0 Å². The Labute approximate surface area is 77.9 Å². The highest BCUT2D eigenvalue weighted by atomic mass is 16.2. The van der Waals surface area contributed by atoms with Gasteiger partial charge in [0.05, 0.1) is 5.70 Å². The van der Waals surface area contributed by atoms with Crippen molar-refractivity contribution in [2.45, 2.75) is 32.6 Å². The fourth-order valence-corrected chi connectivity index (χ4v) is 1.19. The largest absolute Gasteiger partial charge is 0.324 e. The molecule has 0 spiro atoms. The molecule has 0 bridgehead atoms. The van der Waals surface area contributed by atoms with Crippen LogP contribution < -0.4 is 10.6 Å². The SMILES string of the molecule is CCCCCC=C1NC(=O)NC1=N. The second-order valence-corrected chi connectivity index (χ2v) is 3.07. The minimum atomic E-state index is -0.299. The van der Waals surface area contributed by atoms with Gasteiger partial charge in [0.1, 0.15) is 5.84 Å². The van der Waals surface area contributed by atoms with Crippen molar-refractivity contribution in [3.8, 4) is 0 Å². The lowest BCUT2D eigenvalue weighted by Crippen LogP contribution is -2.21. The summed E-state index contributed by atoms with van der Waals surface area (Å²) >= 11 is 0. The van der Waals surface area contributed by atoms with Gasteiger partial charge in [-0.05, 0) is 12.8 Å². The van der Waals surface area contributed by atoms with Crippen molar-refractivity contribution >= 4 is 11.9 Å². The smallest absolute Gasteiger partial charge is 0.305 e. The Kier molecular flexibility index (Phi) is 3.49. The molecule has 1 rings (SSSR count). The van der Waals surface area contributed by atoms with Crippen LogP contribution in [0.2, 0.25) is 0 Å². The van der Waals surface area contributed by atoms with Crippen molar-refractivity contribution in [1.82, 2.24) is 10.6 Å². The summed E-state index contributed by atoms with van der Waals surface area (Å²) in [4.78, 5) is 10.7. The first-order chi connectivity index (χ1) is 6.24. The van der Waals surface area contributed by atoms with E-state index < -0.39 is 0 Å². The zero-order valence-corrected chi connectivity index (χ0v) is 7.81. The van der Waals surface area contributed by atoms with Gasteiger partial charge in [-0.15, -0.1) is 0 Å². The second-order valence-electron chi connectivity index (χ2n) is 3.07. The van der Waals surface area contributed by atoms with E-state index in [1.165, 1.54) is 12.8 Å². The molecule has 72 valence electrons. The van der Waals surface area contributed by atoms with E-state index in [-0.39, 0.29) is 11.9 Å². The number of carbonyl (C=O) groups is 1. The van der Waals surface area contributed by atoms with Gasteiger partial charge in [0, 0.05) is 0 Å². The molecule has 0 radical (unpaired) electrons. The van der Waals surface area contributed by atoms with Crippen LogP contribution in [0.15, 0.2) is 11.8 Å². The summed E-state index contributed by atoms with van der Waals surface area (Å²) in [6.07, 6.45) is 6.32. The first-order valence-corrected chi connectivity index (χ1v) is 4.61. The lowest BCUT2D eigenvalue weighted by molar-refractivity contribution is 0.250. The van der Waals surface area contributed by atoms with Crippen molar-refractivity contribution < 1.29 is 4.79 Å². The van der Waals surface area contributed by atoms with Crippen molar-refractivity contribution in [3.63, 3.8) is 0 Å². The summed E-state index contributed by atoms with van der Waals surface area (Å²) in [5.41, 5.74) is 0.612. The molecule has 1 saturated heterocycles. The molecule has 0 aromatic carbocycles. The molecule has 1 fully saturated rings. The Morgan fingerprint density at radius 3 is 2.69 bits per heavy atom. The van der Waals surface area contributed by atoms with Gasteiger partial charge in [0.15, 0.2) is 0 Å². The Hall–Kier alpha value is -1.32. The molecule has 13 heavy (non-hydrogen) atoms. The Balaban J connectivity index is 2.34. The van der Waals surface area contributed by atoms with Gasteiger partial charge in [-0.2, -0.15) is 0 Å². The molecular formula is C9H15N3O. The fourth-order valence-electron chi connectivity index (χ4n) is 1.19. The minimum absolute atomic E-state index is 0.182. The molecule has 4 heteroatoms. The summed E-state index contributed by atoms with van der Waals surface area (Å²) in [6.45, 7) is 2.15. The summed E-state index contributed by atoms with van der Waals surface area (Å²) in [7, 11) is 0. The number of urea groups is 1. The molecule has 0 saturated carbocycles. The molecule has 2 amide bonds. The highest BCUT2D eigenvalue weighted by Crippen LogP contribution is 2.04. The van der Waals surface area contributed by atoms with Crippen LogP contribution in [0, 0.1) is 5.41 Å². The highest BCUT2D eigenvalue weighted by molar-refractivity contribution is 6.13. The Morgan fingerprint density at radius 1 is 1.38 bits per heavy atom. The fraction of sp³-hybridized carbons (Fsp3) is 0.556. The number of carbonyl (C=O) groups excluding carboxylic acids is 1. The van der Waals surface area contributed by atoms with Gasteiger partial charge >= 0.3 is 6.03 Å². The number of hydrogen-bond donors (Lipinski definition) is 3. The zero-order chi connectivity index (χ0) is 9.68. The van der Waals surface area contributed by atoms with Crippen LogP contribution in [0.5, 0.6) is 0 Å². The second kappa shape index (κ2) is 4.64. The molecule has 0 aliphatic carbocycles. The van der Waals surface area contributed by atoms with Crippen LogP contribution >= 0.6 is 0 Å². The lowest BCUT2D eigenvalue weighted by Gasteiger charge is -1.95. The van der Waals surface area contributed by atoms with Crippen molar-refractivity contribution in [2.24, 2.45) is 0 Å². The number of unbranched alkanes of at least 4 members (excludes halogenated alkanes) is 3. The van der Waals surface area contributed by atoms with Crippen molar-refractivity contribution in [1.29, 1.82) is 5.41 Å². The third-order valence-electron chi connectivity index (χ3n) is 1.91. The number of rotatable bonds is 4. The van der Waals surface area contributed by atoms with Gasteiger partial charge in [-0.1, -0.05) is 25.8 Å². The number of hydrogen-bond acceptors (Lipinski definition) is 2. The highest BCUT2D eigenvalue weighted by Gasteiger charge is 2.18. The zero-order valence-electron chi connectivity index (χ0n) is 7.81. The Bertz CT molecular complexity index is 245. The molecular weight excluding hydrogens is 166 g/mol. The summed E-state index contributed by atoms with van der Waals surface area (Å²) in [6, 6.07) is -0.299. The topological polar surface area (TPSA) is 65.0 Å². The van der Waals surface area contributed by atoms with Gasteiger partial charge in [0.25, 0.3) is 0 Å². The number of amides is 2. The van der Waals surface area contributed by atoms with Crippen molar-refractivity contribution in [3.05, 3.63) is 11.8 Å². The van der Waals surface area contributed by atoms with Crippen LogP contribution in [0.3, 0.4) is 0 Å². The molecule has 0 atom stereocenters. The van der Waals surface area contributed by atoms with Gasteiger partial charge in [-0.25, -0.2) is 4.79 Å². The molecule has 0 aromatic rings. The molecule has 0 unspecified atom stereocenters. The van der Waals surface area contributed by atoms with E-state index in [1.807, 2.05) is 6.08 Å². The third kappa shape index (κ3) is 2.89. The summed E-state index contributed by atoms with van der Waals surface area (Å²) < 4.78 is 0. The molecule has 3 N–H and O–H groups in total. The van der Waals surface area contributed by atoms with Crippen molar-refractivity contribution in [2.75, 3.05) is 0 Å².